The van der Waals surface area contributed by atoms with Crippen LogP contribution in [0.4, 0.5) is 11.5 Å². The number of piperazine rings is 1. The molecular formula is C23H24N6O4. The molecule has 3 aliphatic heterocycles. The summed E-state index contributed by atoms with van der Waals surface area (Å²) in [5.41, 5.74) is 2.43. The van der Waals surface area contributed by atoms with Gasteiger partial charge in [0.1, 0.15) is 11.9 Å². The molecule has 1 aromatic heterocycles. The number of nitrogens with one attached hydrogen (secondary N) is 3. The number of hydrogen-bond acceptors (Lipinski definition) is 8. The highest BCUT2D eigenvalue weighted by molar-refractivity contribution is 6.23. The molecule has 4 amide bonds. The number of benzene rings is 1. The number of rotatable bonds is 5. The minimum atomic E-state index is -0.963. The van der Waals surface area contributed by atoms with Crippen LogP contribution in [0.15, 0.2) is 36.5 Å². The third kappa shape index (κ3) is 4.05. The summed E-state index contributed by atoms with van der Waals surface area (Å²) in [6.45, 7) is 4.24. The van der Waals surface area contributed by atoms with Gasteiger partial charge < -0.3 is 15.5 Å². The van der Waals surface area contributed by atoms with Crippen molar-refractivity contribution in [1.82, 2.24) is 20.5 Å². The lowest BCUT2D eigenvalue weighted by Crippen LogP contribution is -2.54. The maximum absolute atomic E-state index is 12.9. The van der Waals surface area contributed by atoms with Crippen LogP contribution in [0.25, 0.3) is 0 Å². The maximum Gasteiger partial charge on any atom is 0.262 e. The van der Waals surface area contributed by atoms with E-state index < -0.39 is 29.7 Å². The van der Waals surface area contributed by atoms with Gasteiger partial charge >= 0.3 is 0 Å². The maximum atomic E-state index is 12.9. The largest absolute Gasteiger partial charge is 0.368 e. The van der Waals surface area contributed by atoms with Crippen LogP contribution in [-0.4, -0.2) is 65.7 Å². The molecule has 4 heterocycles. The molecule has 5 rings (SSSR count). The van der Waals surface area contributed by atoms with Crippen LogP contribution in [-0.2, 0) is 16.1 Å². The first kappa shape index (κ1) is 21.1. The fraction of sp³-hybridized carbons (Fsp3) is 0.348. The first-order valence-corrected chi connectivity index (χ1v) is 11.0. The van der Waals surface area contributed by atoms with E-state index >= 15 is 0 Å². The van der Waals surface area contributed by atoms with E-state index in [0.29, 0.717) is 12.4 Å². The van der Waals surface area contributed by atoms with Gasteiger partial charge in [-0.3, -0.25) is 29.4 Å². The van der Waals surface area contributed by atoms with Crippen molar-refractivity contribution in [2.24, 2.45) is 0 Å². The van der Waals surface area contributed by atoms with Crippen molar-refractivity contribution in [2.75, 3.05) is 36.4 Å². The van der Waals surface area contributed by atoms with Gasteiger partial charge in [-0.2, -0.15) is 0 Å². The summed E-state index contributed by atoms with van der Waals surface area (Å²) >= 11 is 0. The molecule has 10 heteroatoms. The van der Waals surface area contributed by atoms with Crippen LogP contribution in [0.3, 0.4) is 0 Å². The van der Waals surface area contributed by atoms with Crippen molar-refractivity contribution in [3.05, 3.63) is 53.2 Å². The van der Waals surface area contributed by atoms with Crippen LogP contribution >= 0.6 is 0 Å². The number of amides is 4. The third-order valence-electron chi connectivity index (χ3n) is 6.21. The van der Waals surface area contributed by atoms with Gasteiger partial charge in [-0.25, -0.2) is 4.98 Å². The van der Waals surface area contributed by atoms with E-state index in [4.69, 9.17) is 0 Å². The molecule has 10 nitrogen and oxygen atoms in total. The summed E-state index contributed by atoms with van der Waals surface area (Å²) in [6.07, 6.45) is 2.08. The summed E-state index contributed by atoms with van der Waals surface area (Å²) in [6, 6.07) is 8.05. The Morgan fingerprint density at radius 2 is 1.79 bits per heavy atom. The van der Waals surface area contributed by atoms with Crippen molar-refractivity contribution in [3.8, 4) is 0 Å². The highest BCUT2D eigenvalue weighted by Crippen LogP contribution is 2.28. The highest BCUT2D eigenvalue weighted by atomic mass is 16.2. The number of anilines is 2. The molecule has 0 saturated carbocycles. The van der Waals surface area contributed by atoms with Crippen LogP contribution in [0, 0.1) is 0 Å². The molecule has 0 bridgehead atoms. The van der Waals surface area contributed by atoms with E-state index in [1.54, 1.807) is 18.2 Å². The lowest BCUT2D eigenvalue weighted by molar-refractivity contribution is -0.136. The summed E-state index contributed by atoms with van der Waals surface area (Å²) in [5, 5.41) is 8.77. The van der Waals surface area contributed by atoms with Gasteiger partial charge in [0.2, 0.25) is 11.8 Å². The Kier molecular flexibility index (Phi) is 5.51. The standard InChI is InChI=1S/C23H24N6O4/c30-20-6-4-18(21(31)27-20)29-22(32)16-3-1-14(11-17(16)23(29)33)12-25-19-5-2-15(13-26-19)28-9-7-24-8-10-28/h1-3,5,11,13,18,24H,4,6-10,12H2,(H,25,26)(H,27,30,31). The van der Waals surface area contributed by atoms with E-state index in [2.05, 4.69) is 25.8 Å². The van der Waals surface area contributed by atoms with E-state index in [1.165, 1.54) is 0 Å². The molecule has 1 atom stereocenters. The van der Waals surface area contributed by atoms with Gasteiger partial charge in [-0.05, 0) is 36.2 Å². The lowest BCUT2D eigenvalue weighted by Gasteiger charge is -2.29. The van der Waals surface area contributed by atoms with Gasteiger partial charge in [0.05, 0.1) is 23.0 Å². The van der Waals surface area contributed by atoms with Crippen molar-refractivity contribution >= 4 is 35.1 Å². The zero-order valence-electron chi connectivity index (χ0n) is 18.0. The number of nitrogens with zero attached hydrogens (tertiary/aromatic N) is 3. The first-order chi connectivity index (χ1) is 16.0. The van der Waals surface area contributed by atoms with Crippen LogP contribution in [0.5, 0.6) is 0 Å². The molecule has 2 fully saturated rings. The Morgan fingerprint density at radius 3 is 2.52 bits per heavy atom. The Bertz CT molecular complexity index is 1130. The molecule has 1 unspecified atom stereocenters. The predicted molar refractivity (Wildman–Crippen MR) is 120 cm³/mol. The van der Waals surface area contributed by atoms with Crippen molar-refractivity contribution < 1.29 is 19.2 Å². The van der Waals surface area contributed by atoms with Crippen molar-refractivity contribution in [3.63, 3.8) is 0 Å². The van der Waals surface area contributed by atoms with Crippen molar-refractivity contribution in [2.45, 2.75) is 25.4 Å². The summed E-state index contributed by atoms with van der Waals surface area (Å²) < 4.78 is 0. The third-order valence-corrected chi connectivity index (χ3v) is 6.21. The molecule has 0 radical (unpaired) electrons. The smallest absolute Gasteiger partial charge is 0.262 e. The number of hydrogen-bond donors (Lipinski definition) is 3. The molecule has 3 N–H and O–H groups in total. The molecule has 1 aromatic carbocycles. The second-order valence-corrected chi connectivity index (χ2v) is 8.32. The average molecular weight is 448 g/mol. The Hall–Kier alpha value is -3.79. The second kappa shape index (κ2) is 8.62. The minimum absolute atomic E-state index is 0.0966. The topological polar surface area (TPSA) is 124 Å². The van der Waals surface area contributed by atoms with Crippen molar-refractivity contribution in [1.29, 1.82) is 0 Å². The molecule has 2 aromatic rings. The fourth-order valence-electron chi connectivity index (χ4n) is 4.42. The van der Waals surface area contributed by atoms with Gasteiger partial charge in [0.25, 0.3) is 11.8 Å². The number of carbonyl (C=O) groups excluding carboxylic acids is 4. The molecule has 0 spiro atoms. The molecule has 33 heavy (non-hydrogen) atoms. The lowest BCUT2D eigenvalue weighted by atomic mass is 10.0. The van der Waals surface area contributed by atoms with Gasteiger partial charge in [-0.1, -0.05) is 6.07 Å². The number of pyridine rings is 1. The SMILES string of the molecule is O=C1CCC(N2C(=O)c3ccc(CNc4ccc(N5CCNCC5)cn4)cc3C2=O)C(=O)N1. The molecule has 3 aliphatic rings. The Labute approximate surface area is 190 Å². The van der Waals surface area contributed by atoms with Crippen LogP contribution in [0.2, 0.25) is 0 Å². The summed E-state index contributed by atoms with van der Waals surface area (Å²) in [5.74, 6) is -1.31. The minimum Gasteiger partial charge on any atom is -0.368 e. The second-order valence-electron chi connectivity index (χ2n) is 8.32. The van der Waals surface area contributed by atoms with E-state index in [-0.39, 0.29) is 24.0 Å². The average Bonchev–Trinajstić information content (AvgIpc) is 3.08. The Balaban J connectivity index is 1.26. The highest BCUT2D eigenvalue weighted by Gasteiger charge is 2.44. The Morgan fingerprint density at radius 1 is 1.00 bits per heavy atom. The molecule has 0 aliphatic carbocycles. The van der Waals surface area contributed by atoms with Crippen LogP contribution in [0.1, 0.15) is 39.1 Å². The molecule has 2 saturated heterocycles. The van der Waals surface area contributed by atoms with Gasteiger partial charge in [0, 0.05) is 39.1 Å². The van der Waals surface area contributed by atoms with Gasteiger partial charge in [0.15, 0.2) is 0 Å². The van der Waals surface area contributed by atoms with E-state index in [0.717, 1.165) is 42.3 Å². The normalized spacial score (nSPS) is 20.7. The number of carbonyl (C=O) groups is 4. The number of piperidine rings is 1. The summed E-state index contributed by atoms with van der Waals surface area (Å²) in [4.78, 5) is 57.1. The first-order valence-electron chi connectivity index (χ1n) is 11.0. The predicted octanol–water partition coefficient (Wildman–Crippen LogP) is 0.505. The number of aromatic nitrogens is 1. The zero-order chi connectivity index (χ0) is 22.9. The van der Waals surface area contributed by atoms with E-state index in [1.807, 2.05) is 18.3 Å². The number of fused-ring (bicyclic) bond motifs is 1. The van der Waals surface area contributed by atoms with Crippen LogP contribution < -0.4 is 20.9 Å². The monoisotopic (exact) mass is 448 g/mol. The van der Waals surface area contributed by atoms with E-state index in [9.17, 15) is 19.2 Å². The zero-order valence-corrected chi connectivity index (χ0v) is 18.0. The quantitative estimate of drug-likeness (QED) is 0.565. The fourth-order valence-corrected chi connectivity index (χ4v) is 4.42. The molecule has 170 valence electrons. The number of imide groups is 2. The summed E-state index contributed by atoms with van der Waals surface area (Å²) in [7, 11) is 0. The van der Waals surface area contributed by atoms with Gasteiger partial charge in [-0.15, -0.1) is 0 Å². The molecular weight excluding hydrogens is 424 g/mol.